The predicted octanol–water partition coefficient (Wildman–Crippen LogP) is 2.10. The lowest BCUT2D eigenvalue weighted by Crippen LogP contribution is -2.32. The fraction of sp³-hybridized carbons (Fsp3) is 0.500. The number of likely N-dealkylation sites (tertiary alicyclic amines) is 1. The number of hydrogen-bond donors (Lipinski definition) is 1. The summed E-state index contributed by atoms with van der Waals surface area (Å²) in [7, 11) is 0. The third-order valence-electron chi connectivity index (χ3n) is 2.98. The molecule has 0 radical (unpaired) electrons. The lowest BCUT2D eigenvalue weighted by Gasteiger charge is -2.20. The Hall–Kier alpha value is -1.29. The molecule has 1 fully saturated rings. The van der Waals surface area contributed by atoms with Crippen molar-refractivity contribution in [2.75, 3.05) is 18.8 Å². The number of hydrogen-bond acceptors (Lipinski definition) is 3. The van der Waals surface area contributed by atoms with Crippen LogP contribution >= 0.6 is 12.4 Å². The molecule has 1 aliphatic heterocycles. The van der Waals surface area contributed by atoms with Crippen molar-refractivity contribution >= 4 is 24.0 Å². The zero-order valence-corrected chi connectivity index (χ0v) is 10.6. The molecule has 0 saturated carbocycles. The van der Waals surface area contributed by atoms with Gasteiger partial charge in [0, 0.05) is 31.2 Å². The van der Waals surface area contributed by atoms with Gasteiger partial charge in [0.2, 0.25) is 0 Å². The Kier molecular flexibility index (Phi) is 5.22. The quantitative estimate of drug-likeness (QED) is 0.836. The van der Waals surface area contributed by atoms with Gasteiger partial charge >= 0.3 is 0 Å². The molecule has 0 unspecified atom stereocenters. The fourth-order valence-corrected chi connectivity index (χ4v) is 2.03. The molecule has 0 atom stereocenters. The van der Waals surface area contributed by atoms with E-state index in [4.69, 9.17) is 5.73 Å². The highest BCUT2D eigenvalue weighted by Gasteiger charge is 2.18. The summed E-state index contributed by atoms with van der Waals surface area (Å²) >= 11 is 0. The van der Waals surface area contributed by atoms with E-state index in [1.807, 2.05) is 4.90 Å². The van der Waals surface area contributed by atoms with Gasteiger partial charge in [0.15, 0.2) is 0 Å². The number of nitrogens with two attached hydrogens (primary N) is 1. The Balaban J connectivity index is 0.00000144. The Morgan fingerprint density at radius 3 is 2.47 bits per heavy atom. The van der Waals surface area contributed by atoms with E-state index in [0.717, 1.165) is 25.9 Å². The zero-order valence-electron chi connectivity index (χ0n) is 9.76. The van der Waals surface area contributed by atoms with Gasteiger partial charge < -0.3 is 10.6 Å². The molecule has 2 N–H and O–H groups in total. The average molecular weight is 256 g/mol. The number of halogens is 1. The first-order valence-electron chi connectivity index (χ1n) is 5.78. The molecule has 1 saturated heterocycles. The Labute approximate surface area is 108 Å². The van der Waals surface area contributed by atoms with Gasteiger partial charge in [0.05, 0.1) is 5.56 Å². The van der Waals surface area contributed by atoms with Crippen molar-refractivity contribution in [2.45, 2.75) is 25.7 Å². The van der Waals surface area contributed by atoms with Crippen LogP contribution < -0.4 is 5.73 Å². The highest BCUT2D eigenvalue weighted by molar-refractivity contribution is 5.98. The van der Waals surface area contributed by atoms with E-state index >= 15 is 0 Å². The maximum Gasteiger partial charge on any atom is 0.257 e. The molecule has 94 valence electrons. The first-order chi connectivity index (χ1) is 7.79. The lowest BCUT2D eigenvalue weighted by molar-refractivity contribution is 0.0762. The normalized spacial score (nSPS) is 15.9. The Morgan fingerprint density at radius 1 is 1.24 bits per heavy atom. The third kappa shape index (κ3) is 3.33. The van der Waals surface area contributed by atoms with E-state index in [1.165, 1.54) is 12.8 Å². The number of rotatable bonds is 1. The Bertz CT molecular complexity index is 376. The van der Waals surface area contributed by atoms with Crippen molar-refractivity contribution in [3.8, 4) is 0 Å². The van der Waals surface area contributed by atoms with Crippen LogP contribution in [0.3, 0.4) is 0 Å². The number of aromatic nitrogens is 1. The van der Waals surface area contributed by atoms with Crippen molar-refractivity contribution in [2.24, 2.45) is 0 Å². The largest absolute Gasteiger partial charge is 0.398 e. The first kappa shape index (κ1) is 13.8. The number of carbonyl (C=O) groups is 1. The van der Waals surface area contributed by atoms with E-state index in [0.29, 0.717) is 11.3 Å². The molecule has 2 rings (SSSR count). The first-order valence-corrected chi connectivity index (χ1v) is 5.78. The SMILES string of the molecule is Cl.Nc1ccncc1C(=O)N1CCCCCC1. The summed E-state index contributed by atoms with van der Waals surface area (Å²) in [6, 6.07) is 1.67. The van der Waals surface area contributed by atoms with Crippen LogP contribution in [0.25, 0.3) is 0 Å². The van der Waals surface area contributed by atoms with Crippen molar-refractivity contribution < 1.29 is 4.79 Å². The van der Waals surface area contributed by atoms with Crippen molar-refractivity contribution in [1.82, 2.24) is 9.88 Å². The summed E-state index contributed by atoms with van der Waals surface area (Å²) in [5.74, 6) is 0.0208. The summed E-state index contributed by atoms with van der Waals surface area (Å²) in [4.78, 5) is 18.0. The van der Waals surface area contributed by atoms with Crippen LogP contribution in [-0.2, 0) is 0 Å². The van der Waals surface area contributed by atoms with E-state index in [2.05, 4.69) is 4.98 Å². The van der Waals surface area contributed by atoms with Crippen molar-refractivity contribution in [1.29, 1.82) is 0 Å². The molecule has 1 aromatic rings. The molecule has 5 heteroatoms. The summed E-state index contributed by atoms with van der Waals surface area (Å²) < 4.78 is 0. The van der Waals surface area contributed by atoms with Crippen LogP contribution in [0.2, 0.25) is 0 Å². The van der Waals surface area contributed by atoms with Crippen molar-refractivity contribution in [3.63, 3.8) is 0 Å². The number of amides is 1. The minimum absolute atomic E-state index is 0. The monoisotopic (exact) mass is 255 g/mol. The lowest BCUT2D eigenvalue weighted by atomic mass is 10.2. The van der Waals surface area contributed by atoms with Crippen LogP contribution in [0.5, 0.6) is 0 Å². The second-order valence-corrected chi connectivity index (χ2v) is 4.17. The summed E-state index contributed by atoms with van der Waals surface area (Å²) in [5.41, 5.74) is 6.83. The molecule has 1 amide bonds. The van der Waals surface area contributed by atoms with Crippen LogP contribution in [0, 0.1) is 0 Å². The van der Waals surface area contributed by atoms with Crippen molar-refractivity contribution in [3.05, 3.63) is 24.0 Å². The van der Waals surface area contributed by atoms with Gasteiger partial charge in [-0.2, -0.15) is 0 Å². The van der Waals surface area contributed by atoms with E-state index in [1.54, 1.807) is 18.5 Å². The minimum atomic E-state index is 0. The average Bonchev–Trinajstić information content (AvgIpc) is 2.57. The number of anilines is 1. The van der Waals surface area contributed by atoms with Crippen LogP contribution in [0.15, 0.2) is 18.5 Å². The molecule has 17 heavy (non-hydrogen) atoms. The van der Waals surface area contributed by atoms with Gasteiger partial charge in [-0.05, 0) is 18.9 Å². The maximum absolute atomic E-state index is 12.2. The fourth-order valence-electron chi connectivity index (χ4n) is 2.03. The molecule has 2 heterocycles. The summed E-state index contributed by atoms with van der Waals surface area (Å²) in [5, 5.41) is 0. The molecule has 1 aliphatic rings. The molecular weight excluding hydrogens is 238 g/mol. The van der Waals surface area contributed by atoms with Gasteiger partial charge in [-0.15, -0.1) is 12.4 Å². The maximum atomic E-state index is 12.2. The number of nitrogens with zero attached hydrogens (tertiary/aromatic N) is 2. The van der Waals surface area contributed by atoms with Gasteiger partial charge in [-0.25, -0.2) is 0 Å². The zero-order chi connectivity index (χ0) is 11.4. The third-order valence-corrected chi connectivity index (χ3v) is 2.98. The Morgan fingerprint density at radius 2 is 1.88 bits per heavy atom. The second kappa shape index (κ2) is 6.45. The number of pyridine rings is 1. The topological polar surface area (TPSA) is 59.2 Å². The molecule has 0 bridgehead atoms. The van der Waals surface area contributed by atoms with Crippen LogP contribution in [0.1, 0.15) is 36.0 Å². The molecule has 1 aromatic heterocycles. The van der Waals surface area contributed by atoms with E-state index in [9.17, 15) is 4.79 Å². The second-order valence-electron chi connectivity index (χ2n) is 4.17. The van der Waals surface area contributed by atoms with E-state index < -0.39 is 0 Å². The smallest absolute Gasteiger partial charge is 0.257 e. The number of nitrogen functional groups attached to an aromatic ring is 1. The molecule has 0 aliphatic carbocycles. The molecule has 4 nitrogen and oxygen atoms in total. The van der Waals surface area contributed by atoms with Crippen LogP contribution in [-0.4, -0.2) is 28.9 Å². The molecular formula is C12H18ClN3O. The highest BCUT2D eigenvalue weighted by Crippen LogP contribution is 2.16. The minimum Gasteiger partial charge on any atom is -0.398 e. The van der Waals surface area contributed by atoms with Gasteiger partial charge in [-0.3, -0.25) is 9.78 Å². The standard InChI is InChI=1S/C12H17N3O.ClH/c13-11-5-6-14-9-10(11)12(16)15-7-3-1-2-4-8-15;/h5-6,9H,1-4,7-8H2,(H2,13,14);1H. The van der Waals surface area contributed by atoms with Gasteiger partial charge in [0.1, 0.15) is 0 Å². The summed E-state index contributed by atoms with van der Waals surface area (Å²) in [6.07, 6.45) is 7.77. The molecule has 0 spiro atoms. The van der Waals surface area contributed by atoms with E-state index in [-0.39, 0.29) is 18.3 Å². The summed E-state index contributed by atoms with van der Waals surface area (Å²) in [6.45, 7) is 1.68. The predicted molar refractivity (Wildman–Crippen MR) is 70.3 cm³/mol. The number of carbonyl (C=O) groups excluding carboxylic acids is 1. The van der Waals surface area contributed by atoms with Gasteiger partial charge in [-0.1, -0.05) is 12.8 Å². The molecule has 0 aromatic carbocycles. The van der Waals surface area contributed by atoms with Gasteiger partial charge in [0.25, 0.3) is 5.91 Å². The highest BCUT2D eigenvalue weighted by atomic mass is 35.5. The van der Waals surface area contributed by atoms with Crippen LogP contribution in [0.4, 0.5) is 5.69 Å².